The Labute approximate surface area is 142 Å². The number of benzene rings is 1. The van der Waals surface area contributed by atoms with Crippen LogP contribution in [0.5, 0.6) is 0 Å². The minimum atomic E-state index is -0.190. The van der Waals surface area contributed by atoms with Gasteiger partial charge in [-0.15, -0.1) is 11.3 Å². The second-order valence-electron chi connectivity index (χ2n) is 4.61. The molecule has 0 saturated carbocycles. The number of hydrogen-bond donors (Lipinski definition) is 1. The first-order valence-electron chi connectivity index (χ1n) is 6.29. The number of carbonyl (C=O) groups is 1. The van der Waals surface area contributed by atoms with E-state index in [0.717, 1.165) is 25.0 Å². The molecule has 1 atom stereocenters. The fourth-order valence-corrected chi connectivity index (χ4v) is 3.95. The predicted octanol–water partition coefficient (Wildman–Crippen LogP) is 5.51. The van der Waals surface area contributed by atoms with Gasteiger partial charge in [0, 0.05) is 9.86 Å². The normalized spacial score (nSPS) is 12.5. The van der Waals surface area contributed by atoms with Crippen LogP contribution in [0.15, 0.2) is 49.1 Å². The number of nitrogens with one attached hydrogen (secondary N) is 1. The number of hydrogen-bond acceptors (Lipinski definition) is 3. The van der Waals surface area contributed by atoms with Gasteiger partial charge in [0.15, 0.2) is 0 Å². The van der Waals surface area contributed by atoms with Gasteiger partial charge in [-0.3, -0.25) is 4.79 Å². The summed E-state index contributed by atoms with van der Waals surface area (Å²) in [6, 6.07) is 11.4. The molecular formula is C15H11Br2NO2S. The summed E-state index contributed by atoms with van der Waals surface area (Å²) in [7, 11) is 0. The summed E-state index contributed by atoms with van der Waals surface area (Å²) in [5, 5.41) is 3.99. The first-order chi connectivity index (χ1) is 10.0. The Kier molecular flexibility index (Phi) is 4.19. The summed E-state index contributed by atoms with van der Waals surface area (Å²) in [5.41, 5.74) is 0.829. The van der Waals surface area contributed by atoms with Crippen molar-refractivity contribution in [2.45, 2.75) is 13.0 Å². The van der Waals surface area contributed by atoms with E-state index in [1.54, 1.807) is 6.07 Å². The van der Waals surface area contributed by atoms with Gasteiger partial charge in [-0.05, 0) is 57.0 Å². The van der Waals surface area contributed by atoms with Crippen LogP contribution in [-0.2, 0) is 0 Å². The van der Waals surface area contributed by atoms with Crippen LogP contribution in [0.25, 0.3) is 11.0 Å². The number of carbonyl (C=O) groups excluding carboxylic acids is 1. The van der Waals surface area contributed by atoms with Gasteiger partial charge in [0.1, 0.15) is 11.3 Å². The van der Waals surface area contributed by atoms with Gasteiger partial charge in [0.25, 0.3) is 5.91 Å². The second kappa shape index (κ2) is 5.94. The van der Waals surface area contributed by atoms with Crippen LogP contribution in [0.1, 0.15) is 28.4 Å². The first-order valence-corrected chi connectivity index (χ1v) is 8.69. The molecule has 0 radical (unpaired) electrons. The Bertz CT molecular complexity index is 756. The standard InChI is InChI=1S/C15H11Br2NO2S/c1-8(12-6-9-4-2-3-5-11(9)20-12)18-15(19)13-7-10(16)14(17)21-13/h2-8H,1H3,(H,18,19). The summed E-state index contributed by atoms with van der Waals surface area (Å²) < 4.78 is 7.56. The van der Waals surface area contributed by atoms with E-state index in [4.69, 9.17) is 4.42 Å². The highest BCUT2D eigenvalue weighted by Crippen LogP contribution is 2.32. The highest BCUT2D eigenvalue weighted by Gasteiger charge is 2.17. The van der Waals surface area contributed by atoms with E-state index in [1.807, 2.05) is 37.3 Å². The molecule has 0 spiro atoms. The molecule has 0 fully saturated rings. The summed E-state index contributed by atoms with van der Waals surface area (Å²) >= 11 is 8.17. The predicted molar refractivity (Wildman–Crippen MR) is 91.8 cm³/mol. The van der Waals surface area contributed by atoms with Crippen molar-refractivity contribution in [2.24, 2.45) is 0 Å². The summed E-state index contributed by atoms with van der Waals surface area (Å²) in [4.78, 5) is 12.9. The fraction of sp³-hybridized carbons (Fsp3) is 0.133. The molecule has 0 bridgehead atoms. The lowest BCUT2D eigenvalue weighted by Crippen LogP contribution is -2.25. The lowest BCUT2D eigenvalue weighted by atomic mass is 10.2. The third-order valence-corrected chi connectivity index (χ3v) is 6.34. The Morgan fingerprint density at radius 3 is 2.71 bits per heavy atom. The molecule has 0 aliphatic carbocycles. The van der Waals surface area contributed by atoms with Crippen molar-refractivity contribution in [3.05, 3.63) is 55.3 Å². The number of fused-ring (bicyclic) bond motifs is 1. The zero-order chi connectivity index (χ0) is 15.0. The Balaban J connectivity index is 1.79. The van der Waals surface area contributed by atoms with E-state index in [2.05, 4.69) is 37.2 Å². The van der Waals surface area contributed by atoms with E-state index in [1.165, 1.54) is 11.3 Å². The molecule has 1 N–H and O–H groups in total. The van der Waals surface area contributed by atoms with Crippen LogP contribution in [0.2, 0.25) is 0 Å². The van der Waals surface area contributed by atoms with Gasteiger partial charge in [0.05, 0.1) is 14.7 Å². The molecule has 3 aromatic rings. The van der Waals surface area contributed by atoms with Crippen LogP contribution in [-0.4, -0.2) is 5.91 Å². The molecule has 1 unspecified atom stereocenters. The smallest absolute Gasteiger partial charge is 0.262 e. The maximum absolute atomic E-state index is 12.2. The van der Waals surface area contributed by atoms with Crippen molar-refractivity contribution in [1.82, 2.24) is 5.32 Å². The lowest BCUT2D eigenvalue weighted by Gasteiger charge is -2.10. The van der Waals surface area contributed by atoms with E-state index in [0.29, 0.717) is 4.88 Å². The van der Waals surface area contributed by atoms with Crippen molar-refractivity contribution in [1.29, 1.82) is 0 Å². The van der Waals surface area contributed by atoms with Crippen LogP contribution in [0.4, 0.5) is 0 Å². The van der Waals surface area contributed by atoms with Crippen molar-refractivity contribution in [2.75, 3.05) is 0 Å². The van der Waals surface area contributed by atoms with E-state index in [-0.39, 0.29) is 11.9 Å². The molecule has 108 valence electrons. The third-order valence-electron chi connectivity index (χ3n) is 3.09. The zero-order valence-electron chi connectivity index (χ0n) is 11.0. The molecule has 0 aliphatic rings. The molecule has 2 aromatic heterocycles. The van der Waals surface area contributed by atoms with Crippen molar-refractivity contribution in [3.63, 3.8) is 0 Å². The number of furan rings is 1. The average molecular weight is 429 g/mol. The van der Waals surface area contributed by atoms with Crippen LogP contribution < -0.4 is 5.32 Å². The van der Waals surface area contributed by atoms with Gasteiger partial charge in [0.2, 0.25) is 0 Å². The highest BCUT2D eigenvalue weighted by atomic mass is 79.9. The summed E-state index contributed by atoms with van der Waals surface area (Å²) in [6.07, 6.45) is 0. The van der Waals surface area contributed by atoms with Crippen molar-refractivity contribution in [3.8, 4) is 0 Å². The lowest BCUT2D eigenvalue weighted by molar-refractivity contribution is 0.0940. The number of amides is 1. The molecule has 0 aliphatic heterocycles. The minimum absolute atomic E-state index is 0.112. The van der Waals surface area contributed by atoms with Gasteiger partial charge >= 0.3 is 0 Å². The quantitative estimate of drug-likeness (QED) is 0.597. The topological polar surface area (TPSA) is 42.2 Å². The SMILES string of the molecule is CC(NC(=O)c1cc(Br)c(Br)s1)c1cc2ccccc2o1. The molecule has 2 heterocycles. The number of rotatable bonds is 3. The Morgan fingerprint density at radius 2 is 2.05 bits per heavy atom. The highest BCUT2D eigenvalue weighted by molar-refractivity contribution is 9.13. The molecule has 1 aromatic carbocycles. The van der Waals surface area contributed by atoms with Gasteiger partial charge in [-0.1, -0.05) is 18.2 Å². The monoisotopic (exact) mass is 427 g/mol. The first kappa shape index (κ1) is 14.8. The maximum Gasteiger partial charge on any atom is 0.262 e. The molecule has 21 heavy (non-hydrogen) atoms. The number of para-hydroxylation sites is 1. The van der Waals surface area contributed by atoms with Crippen LogP contribution in [0, 0.1) is 0 Å². The van der Waals surface area contributed by atoms with E-state index < -0.39 is 0 Å². The van der Waals surface area contributed by atoms with Crippen LogP contribution >= 0.6 is 43.2 Å². The minimum Gasteiger partial charge on any atom is -0.459 e. The van der Waals surface area contributed by atoms with Crippen molar-refractivity contribution < 1.29 is 9.21 Å². The van der Waals surface area contributed by atoms with Gasteiger partial charge < -0.3 is 9.73 Å². The summed E-state index contributed by atoms with van der Waals surface area (Å²) in [5.74, 6) is 0.638. The van der Waals surface area contributed by atoms with Crippen LogP contribution in [0.3, 0.4) is 0 Å². The van der Waals surface area contributed by atoms with E-state index >= 15 is 0 Å². The fourth-order valence-electron chi connectivity index (χ4n) is 2.01. The molecular weight excluding hydrogens is 418 g/mol. The molecule has 6 heteroatoms. The van der Waals surface area contributed by atoms with Crippen molar-refractivity contribution >= 4 is 60.1 Å². The molecule has 0 saturated heterocycles. The van der Waals surface area contributed by atoms with Gasteiger partial charge in [-0.2, -0.15) is 0 Å². The van der Waals surface area contributed by atoms with Gasteiger partial charge in [-0.25, -0.2) is 0 Å². The second-order valence-corrected chi connectivity index (χ2v) is 7.84. The van der Waals surface area contributed by atoms with E-state index in [9.17, 15) is 4.79 Å². The maximum atomic E-state index is 12.2. The average Bonchev–Trinajstić information content (AvgIpc) is 3.03. The summed E-state index contributed by atoms with van der Waals surface area (Å²) in [6.45, 7) is 1.91. The molecule has 3 rings (SSSR count). The largest absolute Gasteiger partial charge is 0.459 e. The Morgan fingerprint density at radius 1 is 1.29 bits per heavy atom. The zero-order valence-corrected chi connectivity index (χ0v) is 15.0. The third kappa shape index (κ3) is 3.07. The Hall–Kier alpha value is -1.11. The number of halogens is 2. The number of thiophene rings is 1. The molecule has 3 nitrogen and oxygen atoms in total. The molecule has 1 amide bonds.